The molecule has 19 heavy (non-hydrogen) atoms. The average Bonchev–Trinajstić information content (AvgIpc) is 2.94. The zero-order valence-electron chi connectivity index (χ0n) is 11.2. The zero-order valence-corrected chi connectivity index (χ0v) is 13.6. The van der Waals surface area contributed by atoms with Gasteiger partial charge in [0.1, 0.15) is 0 Å². The van der Waals surface area contributed by atoms with Gasteiger partial charge in [-0.3, -0.25) is 11.3 Å². The summed E-state index contributed by atoms with van der Waals surface area (Å²) in [6.07, 6.45) is 2.39. The van der Waals surface area contributed by atoms with Crippen LogP contribution in [0, 0.1) is 0 Å². The fourth-order valence-electron chi connectivity index (χ4n) is 1.74. The molecule has 2 aromatic heterocycles. The van der Waals surface area contributed by atoms with Crippen molar-refractivity contribution in [3.8, 4) is 0 Å². The number of hydrogen-bond acceptors (Lipinski definition) is 5. The molecule has 0 radical (unpaired) electrons. The van der Waals surface area contributed by atoms with Crippen LogP contribution in [0.15, 0.2) is 26.8 Å². The van der Waals surface area contributed by atoms with Gasteiger partial charge in [0.2, 0.25) is 0 Å². The van der Waals surface area contributed by atoms with Crippen molar-refractivity contribution in [3.05, 3.63) is 38.6 Å². The molecule has 0 bridgehead atoms. The number of nitrogens with one attached hydrogen (secondary N) is 1. The van der Waals surface area contributed by atoms with Crippen molar-refractivity contribution < 1.29 is 4.42 Å². The molecule has 2 aromatic rings. The van der Waals surface area contributed by atoms with Gasteiger partial charge in [0, 0.05) is 22.8 Å². The Kier molecular flexibility index (Phi) is 4.45. The molecule has 0 spiro atoms. The summed E-state index contributed by atoms with van der Waals surface area (Å²) >= 11 is 5.05. The largest absolute Gasteiger partial charge is 0.457 e. The smallest absolute Gasteiger partial charge is 0.173 e. The molecule has 3 N–H and O–H groups in total. The second-order valence-electron chi connectivity index (χ2n) is 5.45. The molecule has 0 fully saturated rings. The second kappa shape index (κ2) is 5.75. The molecular formula is C13H18BrN3OS. The quantitative estimate of drug-likeness (QED) is 0.658. The van der Waals surface area contributed by atoms with Gasteiger partial charge in [-0.25, -0.2) is 4.98 Å². The van der Waals surface area contributed by atoms with Gasteiger partial charge in [-0.05, 0) is 22.0 Å². The average molecular weight is 344 g/mol. The molecule has 4 nitrogen and oxygen atoms in total. The molecule has 0 saturated carbocycles. The lowest BCUT2D eigenvalue weighted by Crippen LogP contribution is -2.29. The second-order valence-corrected chi connectivity index (χ2v) is 7.11. The van der Waals surface area contributed by atoms with E-state index in [1.807, 2.05) is 6.07 Å². The first kappa shape index (κ1) is 14.7. The number of thiazole rings is 1. The molecule has 0 aliphatic carbocycles. The van der Waals surface area contributed by atoms with Crippen LogP contribution in [-0.2, 0) is 11.8 Å². The molecule has 2 heterocycles. The van der Waals surface area contributed by atoms with Gasteiger partial charge in [0.15, 0.2) is 4.67 Å². The van der Waals surface area contributed by atoms with Crippen LogP contribution in [-0.4, -0.2) is 4.98 Å². The van der Waals surface area contributed by atoms with Gasteiger partial charge in [-0.15, -0.1) is 11.3 Å². The Bertz CT molecular complexity index is 544. The molecule has 0 aliphatic rings. The van der Waals surface area contributed by atoms with Crippen LogP contribution in [0.1, 0.15) is 43.1 Å². The molecule has 0 saturated heterocycles. The minimum Gasteiger partial charge on any atom is -0.457 e. The Morgan fingerprint density at radius 2 is 2.26 bits per heavy atom. The lowest BCUT2D eigenvalue weighted by molar-refractivity contribution is 0.504. The van der Waals surface area contributed by atoms with E-state index in [2.05, 4.69) is 52.5 Å². The topological polar surface area (TPSA) is 64.1 Å². The van der Waals surface area contributed by atoms with Crippen LogP contribution in [0.3, 0.4) is 0 Å². The number of nitrogens with zero attached hydrogens (tertiary/aromatic N) is 1. The molecule has 0 aromatic carbocycles. The maximum Gasteiger partial charge on any atom is 0.173 e. The highest BCUT2D eigenvalue weighted by Crippen LogP contribution is 2.29. The summed E-state index contributed by atoms with van der Waals surface area (Å²) < 4.78 is 5.96. The summed E-state index contributed by atoms with van der Waals surface area (Å²) in [4.78, 5) is 4.69. The highest BCUT2D eigenvalue weighted by atomic mass is 79.9. The standard InChI is InChI=1S/C13H18BrN3OS/c1-13(2,3)10-7-19-11(16-10)6-9(17-15)8-4-5-18-12(8)14/h4-5,7,9,17H,6,15H2,1-3H3. The van der Waals surface area contributed by atoms with Crippen LogP contribution in [0.25, 0.3) is 0 Å². The summed E-state index contributed by atoms with van der Waals surface area (Å²) in [5, 5.41) is 3.19. The van der Waals surface area contributed by atoms with Gasteiger partial charge >= 0.3 is 0 Å². The van der Waals surface area contributed by atoms with Crippen molar-refractivity contribution in [2.24, 2.45) is 5.84 Å². The fourth-order valence-corrected chi connectivity index (χ4v) is 3.32. The van der Waals surface area contributed by atoms with E-state index in [1.54, 1.807) is 17.6 Å². The van der Waals surface area contributed by atoms with Gasteiger partial charge in [-0.1, -0.05) is 20.8 Å². The summed E-state index contributed by atoms with van der Waals surface area (Å²) in [5.74, 6) is 5.64. The maximum absolute atomic E-state index is 5.64. The lowest BCUT2D eigenvalue weighted by atomic mass is 9.93. The van der Waals surface area contributed by atoms with Gasteiger partial charge in [0.05, 0.1) is 23.0 Å². The Morgan fingerprint density at radius 3 is 2.74 bits per heavy atom. The number of rotatable bonds is 4. The number of nitrogens with two attached hydrogens (primary N) is 1. The first-order chi connectivity index (χ1) is 8.91. The molecule has 1 unspecified atom stereocenters. The van der Waals surface area contributed by atoms with E-state index >= 15 is 0 Å². The predicted octanol–water partition coefficient (Wildman–Crippen LogP) is 3.54. The normalized spacial score (nSPS) is 13.7. The summed E-state index contributed by atoms with van der Waals surface area (Å²) in [5.41, 5.74) is 5.03. The van der Waals surface area contributed by atoms with Crippen molar-refractivity contribution in [2.45, 2.75) is 38.6 Å². The third kappa shape index (κ3) is 3.45. The third-order valence-corrected chi connectivity index (χ3v) is 4.44. The number of hydrogen-bond donors (Lipinski definition) is 2. The summed E-state index contributed by atoms with van der Waals surface area (Å²) in [6, 6.07) is 1.90. The predicted molar refractivity (Wildman–Crippen MR) is 81.0 cm³/mol. The minimum absolute atomic E-state index is 0.00732. The summed E-state index contributed by atoms with van der Waals surface area (Å²) in [6.45, 7) is 6.49. The van der Waals surface area contributed by atoms with Crippen LogP contribution in [0.2, 0.25) is 0 Å². The van der Waals surface area contributed by atoms with Gasteiger partial charge in [-0.2, -0.15) is 0 Å². The maximum atomic E-state index is 5.64. The van der Waals surface area contributed by atoms with E-state index in [0.29, 0.717) is 4.67 Å². The number of furan rings is 1. The Hall–Kier alpha value is -0.690. The fraction of sp³-hybridized carbons (Fsp3) is 0.462. The Morgan fingerprint density at radius 1 is 1.53 bits per heavy atom. The molecule has 0 amide bonds. The summed E-state index contributed by atoms with van der Waals surface area (Å²) in [7, 11) is 0. The van der Waals surface area contributed by atoms with Crippen molar-refractivity contribution in [1.82, 2.24) is 10.4 Å². The first-order valence-corrected chi connectivity index (χ1v) is 7.73. The number of hydrazine groups is 1. The van der Waals surface area contributed by atoms with Crippen molar-refractivity contribution in [3.63, 3.8) is 0 Å². The molecule has 2 rings (SSSR count). The van der Waals surface area contributed by atoms with Crippen molar-refractivity contribution >= 4 is 27.3 Å². The van der Waals surface area contributed by atoms with Crippen LogP contribution in [0.4, 0.5) is 0 Å². The number of aromatic nitrogens is 1. The SMILES string of the molecule is CC(C)(C)c1csc(CC(NN)c2ccoc2Br)n1. The van der Waals surface area contributed by atoms with E-state index in [-0.39, 0.29) is 11.5 Å². The van der Waals surface area contributed by atoms with Crippen molar-refractivity contribution in [1.29, 1.82) is 0 Å². The zero-order chi connectivity index (χ0) is 14.0. The Labute approximate surface area is 125 Å². The van der Waals surface area contributed by atoms with Gasteiger partial charge < -0.3 is 4.42 Å². The van der Waals surface area contributed by atoms with E-state index in [1.165, 1.54) is 0 Å². The highest BCUT2D eigenvalue weighted by Gasteiger charge is 2.21. The van der Waals surface area contributed by atoms with E-state index < -0.39 is 0 Å². The minimum atomic E-state index is -0.00732. The monoisotopic (exact) mass is 343 g/mol. The Balaban J connectivity index is 2.16. The van der Waals surface area contributed by atoms with E-state index in [4.69, 9.17) is 10.3 Å². The first-order valence-electron chi connectivity index (χ1n) is 6.05. The molecule has 6 heteroatoms. The molecular weight excluding hydrogens is 326 g/mol. The highest BCUT2D eigenvalue weighted by molar-refractivity contribution is 9.10. The molecule has 104 valence electrons. The van der Waals surface area contributed by atoms with Crippen LogP contribution >= 0.6 is 27.3 Å². The third-order valence-electron chi connectivity index (χ3n) is 2.92. The van der Waals surface area contributed by atoms with Crippen LogP contribution in [0.5, 0.6) is 0 Å². The lowest BCUT2D eigenvalue weighted by Gasteiger charge is -2.15. The van der Waals surface area contributed by atoms with E-state index in [0.717, 1.165) is 22.7 Å². The van der Waals surface area contributed by atoms with Crippen LogP contribution < -0.4 is 11.3 Å². The molecule has 0 aliphatic heterocycles. The van der Waals surface area contributed by atoms with Gasteiger partial charge in [0.25, 0.3) is 0 Å². The van der Waals surface area contributed by atoms with E-state index in [9.17, 15) is 0 Å². The molecule has 1 atom stereocenters. The number of halogens is 1. The van der Waals surface area contributed by atoms with Crippen molar-refractivity contribution in [2.75, 3.05) is 0 Å².